The maximum Gasteiger partial charge on any atom is 0.338 e. The molecule has 0 saturated heterocycles. The molecule has 0 unspecified atom stereocenters. The van der Waals surface area contributed by atoms with Crippen LogP contribution in [0.1, 0.15) is 17.3 Å². The van der Waals surface area contributed by atoms with Gasteiger partial charge in [0, 0.05) is 0 Å². The Bertz CT molecular complexity index is 545. The molecule has 0 aliphatic carbocycles. The molecule has 21 heavy (non-hydrogen) atoms. The highest BCUT2D eigenvalue weighted by molar-refractivity contribution is 5.96. The average Bonchev–Trinajstić information content (AvgIpc) is 2.46. The van der Waals surface area contributed by atoms with Crippen LogP contribution in [0.3, 0.4) is 0 Å². The fourth-order valence-electron chi connectivity index (χ4n) is 1.44. The summed E-state index contributed by atoms with van der Waals surface area (Å²) in [6, 6.07) is 4.27. The van der Waals surface area contributed by atoms with Crippen LogP contribution in [0.4, 0.5) is 5.69 Å². The summed E-state index contributed by atoms with van der Waals surface area (Å²) in [7, 11) is 0. The van der Waals surface area contributed by atoms with E-state index in [1.807, 2.05) is 0 Å². The van der Waals surface area contributed by atoms with Crippen molar-refractivity contribution in [2.24, 2.45) is 11.5 Å². The van der Waals surface area contributed by atoms with Crippen molar-refractivity contribution in [2.45, 2.75) is 6.92 Å². The number of anilines is 1. The van der Waals surface area contributed by atoms with Crippen LogP contribution >= 0.6 is 0 Å². The SMILES string of the molecule is CCOC(=O)c1ccc(NC(=O)CN)c(OCC(N)=O)c1. The Hall–Kier alpha value is -2.61. The Labute approximate surface area is 121 Å². The number of rotatable bonds is 7. The lowest BCUT2D eigenvalue weighted by molar-refractivity contribution is -0.120. The Morgan fingerprint density at radius 1 is 1.29 bits per heavy atom. The Balaban J connectivity index is 3.03. The second-order valence-electron chi connectivity index (χ2n) is 3.94. The lowest BCUT2D eigenvalue weighted by atomic mass is 10.2. The van der Waals surface area contributed by atoms with E-state index in [0.29, 0.717) is 0 Å². The van der Waals surface area contributed by atoms with Crippen LogP contribution in [-0.2, 0) is 14.3 Å². The van der Waals surface area contributed by atoms with Crippen LogP contribution in [0.25, 0.3) is 0 Å². The fraction of sp³-hybridized carbons (Fsp3) is 0.308. The second kappa shape index (κ2) is 7.85. The number of nitrogens with two attached hydrogens (primary N) is 2. The van der Waals surface area contributed by atoms with Gasteiger partial charge in [0.15, 0.2) is 6.61 Å². The van der Waals surface area contributed by atoms with Gasteiger partial charge >= 0.3 is 5.97 Å². The zero-order valence-corrected chi connectivity index (χ0v) is 11.5. The topological polar surface area (TPSA) is 134 Å². The van der Waals surface area contributed by atoms with E-state index in [1.165, 1.54) is 18.2 Å². The van der Waals surface area contributed by atoms with E-state index in [0.717, 1.165) is 0 Å². The van der Waals surface area contributed by atoms with Gasteiger partial charge in [-0.1, -0.05) is 0 Å². The molecule has 1 aromatic rings. The molecule has 0 aliphatic rings. The summed E-state index contributed by atoms with van der Waals surface area (Å²) < 4.78 is 10.0. The molecule has 0 bridgehead atoms. The van der Waals surface area contributed by atoms with Crippen molar-refractivity contribution >= 4 is 23.5 Å². The van der Waals surface area contributed by atoms with Crippen LogP contribution in [-0.4, -0.2) is 37.5 Å². The van der Waals surface area contributed by atoms with Crippen molar-refractivity contribution in [3.8, 4) is 5.75 Å². The van der Waals surface area contributed by atoms with Crippen molar-refractivity contribution < 1.29 is 23.9 Å². The van der Waals surface area contributed by atoms with E-state index < -0.39 is 24.4 Å². The standard InChI is InChI=1S/C13H17N3O5/c1-2-20-13(19)8-3-4-9(16-12(18)6-14)10(5-8)21-7-11(15)17/h3-5H,2,6-7,14H2,1H3,(H2,15,17)(H,16,18). The third-order valence-electron chi connectivity index (χ3n) is 2.32. The third-order valence-corrected chi connectivity index (χ3v) is 2.32. The molecule has 0 fully saturated rings. The van der Waals surface area contributed by atoms with Crippen LogP contribution < -0.4 is 21.5 Å². The lowest BCUT2D eigenvalue weighted by Crippen LogP contribution is -2.24. The van der Waals surface area contributed by atoms with Gasteiger partial charge < -0.3 is 26.3 Å². The summed E-state index contributed by atoms with van der Waals surface area (Å²) in [4.78, 5) is 33.7. The van der Waals surface area contributed by atoms with Gasteiger partial charge in [0.25, 0.3) is 5.91 Å². The number of benzene rings is 1. The van der Waals surface area contributed by atoms with Crippen LogP contribution in [0.2, 0.25) is 0 Å². The molecule has 5 N–H and O–H groups in total. The lowest BCUT2D eigenvalue weighted by Gasteiger charge is -2.12. The molecule has 0 radical (unpaired) electrons. The molecule has 0 atom stereocenters. The van der Waals surface area contributed by atoms with E-state index in [9.17, 15) is 14.4 Å². The minimum absolute atomic E-state index is 0.126. The van der Waals surface area contributed by atoms with E-state index in [2.05, 4.69) is 5.32 Å². The summed E-state index contributed by atoms with van der Waals surface area (Å²) in [5.74, 6) is -1.55. The molecule has 2 amide bonds. The highest BCUT2D eigenvalue weighted by Crippen LogP contribution is 2.26. The number of primary amides is 1. The summed E-state index contributed by atoms with van der Waals surface area (Å²) in [6.07, 6.45) is 0. The molecule has 1 rings (SSSR count). The molecule has 1 aromatic carbocycles. The number of carbonyl (C=O) groups is 3. The first kappa shape index (κ1) is 16.4. The number of ether oxygens (including phenoxy) is 2. The molecule has 0 heterocycles. The molecular weight excluding hydrogens is 278 g/mol. The Kier molecular flexibility index (Phi) is 6.15. The highest BCUT2D eigenvalue weighted by atomic mass is 16.5. The van der Waals surface area contributed by atoms with E-state index in [1.54, 1.807) is 6.92 Å². The average molecular weight is 295 g/mol. The first-order valence-electron chi connectivity index (χ1n) is 6.20. The normalized spacial score (nSPS) is 9.81. The Morgan fingerprint density at radius 2 is 2.00 bits per heavy atom. The minimum atomic E-state index is -0.687. The van der Waals surface area contributed by atoms with E-state index in [4.69, 9.17) is 20.9 Å². The number of carbonyl (C=O) groups excluding carboxylic acids is 3. The monoisotopic (exact) mass is 295 g/mol. The van der Waals surface area contributed by atoms with Crippen LogP contribution in [0.5, 0.6) is 5.75 Å². The number of amides is 2. The molecule has 114 valence electrons. The maximum absolute atomic E-state index is 11.6. The molecule has 8 heteroatoms. The van der Waals surface area contributed by atoms with Crippen molar-refractivity contribution in [2.75, 3.05) is 25.1 Å². The number of hydrogen-bond donors (Lipinski definition) is 3. The van der Waals surface area contributed by atoms with Gasteiger partial charge in [0.2, 0.25) is 5.91 Å². The summed E-state index contributed by atoms with van der Waals surface area (Å²) in [5.41, 5.74) is 10.7. The van der Waals surface area contributed by atoms with Crippen molar-refractivity contribution in [1.82, 2.24) is 0 Å². The van der Waals surface area contributed by atoms with Gasteiger partial charge in [-0.05, 0) is 25.1 Å². The number of esters is 1. The molecule has 0 spiro atoms. The van der Waals surface area contributed by atoms with Gasteiger partial charge in [0.1, 0.15) is 5.75 Å². The largest absolute Gasteiger partial charge is 0.482 e. The predicted molar refractivity (Wildman–Crippen MR) is 74.8 cm³/mol. The first-order chi connectivity index (χ1) is 9.97. The Morgan fingerprint density at radius 3 is 2.57 bits per heavy atom. The van der Waals surface area contributed by atoms with Gasteiger partial charge in [0.05, 0.1) is 24.4 Å². The van der Waals surface area contributed by atoms with Crippen LogP contribution in [0, 0.1) is 0 Å². The van der Waals surface area contributed by atoms with Gasteiger partial charge in [-0.2, -0.15) is 0 Å². The predicted octanol–water partition coefficient (Wildman–Crippen LogP) is -0.375. The minimum Gasteiger partial charge on any atom is -0.482 e. The first-order valence-corrected chi connectivity index (χ1v) is 6.20. The summed E-state index contributed by atoms with van der Waals surface area (Å²) in [5, 5.41) is 2.49. The van der Waals surface area contributed by atoms with E-state index >= 15 is 0 Å². The molecule has 8 nitrogen and oxygen atoms in total. The van der Waals surface area contributed by atoms with Crippen molar-refractivity contribution in [3.05, 3.63) is 23.8 Å². The fourth-order valence-corrected chi connectivity index (χ4v) is 1.44. The summed E-state index contributed by atoms with van der Waals surface area (Å²) >= 11 is 0. The molecule has 0 aliphatic heterocycles. The number of nitrogens with one attached hydrogen (secondary N) is 1. The van der Waals surface area contributed by atoms with Gasteiger partial charge in [-0.15, -0.1) is 0 Å². The second-order valence-corrected chi connectivity index (χ2v) is 3.94. The third kappa shape index (κ3) is 5.11. The highest BCUT2D eigenvalue weighted by Gasteiger charge is 2.13. The van der Waals surface area contributed by atoms with Crippen molar-refractivity contribution in [1.29, 1.82) is 0 Å². The summed E-state index contributed by atoms with van der Waals surface area (Å²) in [6.45, 7) is 1.30. The van der Waals surface area contributed by atoms with Crippen LogP contribution in [0.15, 0.2) is 18.2 Å². The number of hydrogen-bond acceptors (Lipinski definition) is 6. The maximum atomic E-state index is 11.6. The van der Waals surface area contributed by atoms with E-state index in [-0.39, 0.29) is 30.2 Å². The quantitative estimate of drug-likeness (QED) is 0.587. The van der Waals surface area contributed by atoms with Gasteiger partial charge in [-0.25, -0.2) is 4.79 Å². The molecule has 0 aromatic heterocycles. The van der Waals surface area contributed by atoms with Crippen molar-refractivity contribution in [3.63, 3.8) is 0 Å². The molecule has 0 saturated carbocycles. The zero-order valence-electron chi connectivity index (χ0n) is 11.5. The zero-order chi connectivity index (χ0) is 15.8. The smallest absolute Gasteiger partial charge is 0.338 e. The molecular formula is C13H17N3O5. The van der Waals surface area contributed by atoms with Gasteiger partial charge in [-0.3, -0.25) is 9.59 Å².